The standard InChI is InChI=1S/C25H28.2C8H10.C2H6/c1-9-19(8)23-13-11-21(15-25(23)18(6)7)20-10-12-22(16(2)3)24(14-20)17(4)5;2*1-7-3-5-8(2)6-4-7;1-2/h10-15H,2,4,6,8-9H2,1,3,5,7H3;2*3-6H,1-2H3;1-2H3. The van der Waals surface area contributed by atoms with Gasteiger partial charge >= 0.3 is 0 Å². The van der Waals surface area contributed by atoms with Gasteiger partial charge in [0.1, 0.15) is 0 Å². The molecule has 0 heteroatoms. The van der Waals surface area contributed by atoms with Crippen LogP contribution in [0, 0.1) is 27.7 Å². The molecule has 4 aromatic rings. The van der Waals surface area contributed by atoms with E-state index in [9.17, 15) is 0 Å². The lowest BCUT2D eigenvalue weighted by molar-refractivity contribution is 1.24. The Labute approximate surface area is 264 Å². The van der Waals surface area contributed by atoms with E-state index in [-0.39, 0.29) is 0 Å². The molecule has 0 aliphatic rings. The number of hydrogen-bond acceptors (Lipinski definition) is 0. The molecule has 0 atom stereocenters. The van der Waals surface area contributed by atoms with Gasteiger partial charge in [0.05, 0.1) is 0 Å². The van der Waals surface area contributed by atoms with E-state index in [1.54, 1.807) is 0 Å². The van der Waals surface area contributed by atoms with E-state index < -0.39 is 0 Å². The Morgan fingerprint density at radius 3 is 1.00 bits per heavy atom. The van der Waals surface area contributed by atoms with E-state index in [2.05, 4.69) is 153 Å². The van der Waals surface area contributed by atoms with Gasteiger partial charge in [0, 0.05) is 0 Å². The Morgan fingerprint density at radius 2 is 0.721 bits per heavy atom. The highest BCUT2D eigenvalue weighted by molar-refractivity contribution is 5.84. The molecule has 4 rings (SSSR count). The van der Waals surface area contributed by atoms with Crippen molar-refractivity contribution in [2.24, 2.45) is 0 Å². The second kappa shape index (κ2) is 18.4. The van der Waals surface area contributed by atoms with Crippen molar-refractivity contribution in [3.05, 3.63) is 156 Å². The van der Waals surface area contributed by atoms with Gasteiger partial charge in [-0.25, -0.2) is 0 Å². The topological polar surface area (TPSA) is 0 Å². The Balaban J connectivity index is 0.000000414. The molecule has 0 spiro atoms. The van der Waals surface area contributed by atoms with Crippen LogP contribution < -0.4 is 0 Å². The van der Waals surface area contributed by atoms with Crippen molar-refractivity contribution in [1.82, 2.24) is 0 Å². The molecule has 0 saturated carbocycles. The highest BCUT2D eigenvalue weighted by Gasteiger charge is 2.11. The molecular formula is C43H54. The van der Waals surface area contributed by atoms with E-state index in [0.717, 1.165) is 39.8 Å². The molecule has 0 radical (unpaired) electrons. The molecule has 0 aromatic heterocycles. The van der Waals surface area contributed by atoms with Crippen LogP contribution in [-0.2, 0) is 0 Å². The van der Waals surface area contributed by atoms with E-state index in [1.165, 1.54) is 44.5 Å². The van der Waals surface area contributed by atoms with E-state index >= 15 is 0 Å². The molecule has 0 fully saturated rings. The lowest BCUT2D eigenvalue weighted by atomic mass is 9.89. The molecule has 4 aromatic carbocycles. The highest BCUT2D eigenvalue weighted by Crippen LogP contribution is 2.33. The van der Waals surface area contributed by atoms with Gasteiger partial charge in [-0.15, -0.1) is 0 Å². The first-order valence-corrected chi connectivity index (χ1v) is 15.3. The third-order valence-corrected chi connectivity index (χ3v) is 7.00. The molecule has 0 heterocycles. The second-order valence-electron chi connectivity index (χ2n) is 11.1. The smallest absolute Gasteiger partial charge is 0.0152 e. The summed E-state index contributed by atoms with van der Waals surface area (Å²) < 4.78 is 0. The summed E-state index contributed by atoms with van der Waals surface area (Å²) in [5.41, 5.74) is 16.7. The van der Waals surface area contributed by atoms with Crippen molar-refractivity contribution in [3.63, 3.8) is 0 Å². The first kappa shape index (κ1) is 36.9. The molecule has 0 aliphatic carbocycles. The third kappa shape index (κ3) is 11.9. The third-order valence-electron chi connectivity index (χ3n) is 7.00. The summed E-state index contributed by atoms with van der Waals surface area (Å²) in [4.78, 5) is 0. The monoisotopic (exact) mass is 570 g/mol. The molecule has 226 valence electrons. The quantitative estimate of drug-likeness (QED) is 0.216. The molecule has 0 saturated heterocycles. The SMILES string of the molecule is C=C(C)c1ccc(-c2ccc(C(=C)CC)c(C(=C)C)c2)cc1C(=C)C.CC.Cc1ccc(C)cc1.Cc1ccc(C)cc1. The summed E-state index contributed by atoms with van der Waals surface area (Å²) in [6, 6.07) is 30.0. The summed E-state index contributed by atoms with van der Waals surface area (Å²) >= 11 is 0. The molecule has 0 amide bonds. The number of hydrogen-bond donors (Lipinski definition) is 0. The molecule has 0 unspecified atom stereocenters. The second-order valence-corrected chi connectivity index (χ2v) is 11.1. The zero-order valence-electron chi connectivity index (χ0n) is 28.6. The van der Waals surface area contributed by atoms with Crippen LogP contribution in [0.2, 0.25) is 0 Å². The van der Waals surface area contributed by atoms with Crippen molar-refractivity contribution in [3.8, 4) is 11.1 Å². The zero-order valence-corrected chi connectivity index (χ0v) is 28.6. The van der Waals surface area contributed by atoms with Gasteiger partial charge in [0.2, 0.25) is 0 Å². The molecule has 0 bridgehead atoms. The minimum Gasteiger partial charge on any atom is -0.0955 e. The highest BCUT2D eigenvalue weighted by atomic mass is 14.2. The van der Waals surface area contributed by atoms with Crippen LogP contribution >= 0.6 is 0 Å². The van der Waals surface area contributed by atoms with Crippen LogP contribution in [0.1, 0.15) is 92.5 Å². The zero-order chi connectivity index (χ0) is 32.7. The summed E-state index contributed by atoms with van der Waals surface area (Å²) in [6.45, 7) is 37.2. The van der Waals surface area contributed by atoms with E-state index in [0.29, 0.717) is 0 Å². The van der Waals surface area contributed by atoms with Gasteiger partial charge < -0.3 is 0 Å². The molecule has 0 aliphatic heterocycles. The Hall–Kier alpha value is -4.16. The Morgan fingerprint density at radius 1 is 0.442 bits per heavy atom. The van der Waals surface area contributed by atoms with Gasteiger partial charge in [-0.3, -0.25) is 0 Å². The van der Waals surface area contributed by atoms with Crippen LogP contribution in [0.5, 0.6) is 0 Å². The normalized spacial score (nSPS) is 9.63. The van der Waals surface area contributed by atoms with Crippen molar-refractivity contribution in [2.45, 2.75) is 75.7 Å². The molecule has 43 heavy (non-hydrogen) atoms. The maximum absolute atomic E-state index is 4.19. The first-order valence-electron chi connectivity index (χ1n) is 15.3. The molecule has 0 N–H and O–H groups in total. The predicted octanol–water partition coefficient (Wildman–Crippen LogP) is 13.5. The average Bonchev–Trinajstić information content (AvgIpc) is 3.00. The summed E-state index contributed by atoms with van der Waals surface area (Å²) in [5, 5.41) is 0. The summed E-state index contributed by atoms with van der Waals surface area (Å²) in [7, 11) is 0. The van der Waals surface area contributed by atoms with Gasteiger partial charge in [-0.2, -0.15) is 0 Å². The minimum absolute atomic E-state index is 0.937. The summed E-state index contributed by atoms with van der Waals surface area (Å²) in [6.07, 6.45) is 0.937. The predicted molar refractivity (Wildman–Crippen MR) is 199 cm³/mol. The van der Waals surface area contributed by atoms with Crippen molar-refractivity contribution in [2.75, 3.05) is 0 Å². The van der Waals surface area contributed by atoms with Crippen molar-refractivity contribution >= 4 is 22.3 Å². The van der Waals surface area contributed by atoms with Crippen LogP contribution in [0.15, 0.2) is 111 Å². The van der Waals surface area contributed by atoms with Crippen LogP contribution in [0.3, 0.4) is 0 Å². The maximum atomic E-state index is 4.19. The molecular weight excluding hydrogens is 516 g/mol. The van der Waals surface area contributed by atoms with Gasteiger partial charge in [-0.1, -0.05) is 159 Å². The summed E-state index contributed by atoms with van der Waals surface area (Å²) in [5.74, 6) is 0. The lowest BCUT2D eigenvalue weighted by Gasteiger charge is -2.15. The number of allylic oxidation sites excluding steroid dienone is 4. The first-order chi connectivity index (χ1) is 20.3. The molecule has 0 nitrogen and oxygen atoms in total. The lowest BCUT2D eigenvalue weighted by Crippen LogP contribution is -1.93. The number of benzene rings is 4. The minimum atomic E-state index is 0.937. The van der Waals surface area contributed by atoms with Crippen molar-refractivity contribution in [1.29, 1.82) is 0 Å². The van der Waals surface area contributed by atoms with Gasteiger partial charge in [0.25, 0.3) is 0 Å². The Bertz CT molecular complexity index is 1420. The average molecular weight is 571 g/mol. The fourth-order valence-corrected chi connectivity index (χ4v) is 4.30. The largest absolute Gasteiger partial charge is 0.0955 e. The van der Waals surface area contributed by atoms with E-state index in [4.69, 9.17) is 0 Å². The van der Waals surface area contributed by atoms with Gasteiger partial charge in [-0.05, 0) is 106 Å². The van der Waals surface area contributed by atoms with Crippen LogP contribution in [0.4, 0.5) is 0 Å². The van der Waals surface area contributed by atoms with Crippen molar-refractivity contribution < 1.29 is 0 Å². The van der Waals surface area contributed by atoms with Crippen LogP contribution in [0.25, 0.3) is 33.4 Å². The van der Waals surface area contributed by atoms with Crippen LogP contribution in [-0.4, -0.2) is 0 Å². The fourth-order valence-electron chi connectivity index (χ4n) is 4.30. The number of aryl methyl sites for hydroxylation is 4. The van der Waals surface area contributed by atoms with E-state index in [1.807, 2.05) is 27.7 Å². The Kier molecular flexibility index (Phi) is 15.8. The fraction of sp³-hybridized carbons (Fsp3) is 0.256. The maximum Gasteiger partial charge on any atom is -0.0152 e. The number of rotatable bonds is 6. The van der Waals surface area contributed by atoms with Gasteiger partial charge in [0.15, 0.2) is 0 Å².